The van der Waals surface area contributed by atoms with Crippen LogP contribution in [-0.4, -0.2) is 29.1 Å². The molecule has 1 aliphatic rings. The molecule has 1 saturated carbocycles. The number of ether oxygens (including phenoxy) is 1. The summed E-state index contributed by atoms with van der Waals surface area (Å²) in [6.45, 7) is 1.90. The Kier molecular flexibility index (Phi) is 4.27. The summed E-state index contributed by atoms with van der Waals surface area (Å²) in [5, 5.41) is 0. The van der Waals surface area contributed by atoms with Crippen LogP contribution >= 0.6 is 0 Å². The second-order valence-corrected chi connectivity index (χ2v) is 4.92. The number of pyridine rings is 1. The van der Waals surface area contributed by atoms with Gasteiger partial charge in [0.1, 0.15) is 5.41 Å². The van der Waals surface area contributed by atoms with Crippen LogP contribution in [0.2, 0.25) is 0 Å². The Hall–Kier alpha value is -2.04. The first-order chi connectivity index (χ1) is 9.60. The van der Waals surface area contributed by atoms with Crippen molar-refractivity contribution in [1.29, 1.82) is 0 Å². The zero-order valence-corrected chi connectivity index (χ0v) is 11.4. The van der Waals surface area contributed by atoms with E-state index >= 15 is 0 Å². The lowest BCUT2D eigenvalue weighted by Crippen LogP contribution is -2.39. The smallest absolute Gasteiger partial charge is 0.320 e. The average molecular weight is 275 g/mol. The van der Waals surface area contributed by atoms with E-state index < -0.39 is 11.4 Å². The summed E-state index contributed by atoms with van der Waals surface area (Å²) >= 11 is 0. The van der Waals surface area contributed by atoms with Gasteiger partial charge >= 0.3 is 5.97 Å². The van der Waals surface area contributed by atoms with E-state index in [0.717, 1.165) is 0 Å². The summed E-state index contributed by atoms with van der Waals surface area (Å²) in [5.41, 5.74) is -0.820. The third-order valence-corrected chi connectivity index (χ3v) is 3.67. The Bertz CT molecular complexity index is 526. The van der Waals surface area contributed by atoms with Crippen molar-refractivity contribution in [2.75, 3.05) is 6.61 Å². The van der Waals surface area contributed by atoms with Gasteiger partial charge in [0.2, 0.25) is 0 Å². The van der Waals surface area contributed by atoms with Gasteiger partial charge in [-0.05, 0) is 31.9 Å². The van der Waals surface area contributed by atoms with Gasteiger partial charge in [0, 0.05) is 30.8 Å². The molecule has 1 fully saturated rings. The van der Waals surface area contributed by atoms with Crippen LogP contribution in [0.5, 0.6) is 0 Å². The normalized spacial score (nSPS) is 21.8. The molecule has 0 bridgehead atoms. The summed E-state index contributed by atoms with van der Waals surface area (Å²) in [4.78, 5) is 40.4. The molecule has 2 rings (SSSR count). The maximum Gasteiger partial charge on any atom is 0.320 e. The average Bonchev–Trinajstić information content (AvgIpc) is 2.82. The molecule has 1 aromatic rings. The van der Waals surface area contributed by atoms with Crippen LogP contribution in [0, 0.1) is 5.41 Å². The lowest BCUT2D eigenvalue weighted by atomic mass is 9.79. The van der Waals surface area contributed by atoms with Crippen LogP contribution in [0.15, 0.2) is 24.5 Å². The fourth-order valence-corrected chi connectivity index (χ4v) is 2.59. The fraction of sp³-hybridized carbons (Fsp3) is 0.467. The zero-order chi connectivity index (χ0) is 14.6. The molecule has 1 aromatic heterocycles. The number of ketones is 2. The highest BCUT2D eigenvalue weighted by molar-refractivity contribution is 6.10. The number of aromatic nitrogens is 1. The Labute approximate surface area is 117 Å². The van der Waals surface area contributed by atoms with Crippen molar-refractivity contribution in [2.45, 2.75) is 32.6 Å². The van der Waals surface area contributed by atoms with Crippen molar-refractivity contribution in [3.63, 3.8) is 0 Å². The summed E-state index contributed by atoms with van der Waals surface area (Å²) in [6, 6.07) is 3.17. The zero-order valence-electron chi connectivity index (χ0n) is 11.4. The second-order valence-electron chi connectivity index (χ2n) is 4.92. The largest absolute Gasteiger partial charge is 0.465 e. The van der Waals surface area contributed by atoms with Gasteiger partial charge < -0.3 is 4.74 Å². The van der Waals surface area contributed by atoms with E-state index in [0.29, 0.717) is 24.8 Å². The number of carbonyl (C=O) groups is 3. The minimum Gasteiger partial charge on any atom is -0.465 e. The molecule has 5 heteroatoms. The topological polar surface area (TPSA) is 73.3 Å². The molecule has 5 nitrogen and oxygen atoms in total. The molecular formula is C15H17NO4. The molecule has 0 aliphatic heterocycles. The molecule has 1 atom stereocenters. The van der Waals surface area contributed by atoms with Crippen molar-refractivity contribution in [2.24, 2.45) is 5.41 Å². The summed E-state index contributed by atoms with van der Waals surface area (Å²) < 4.78 is 5.01. The molecule has 0 aromatic carbocycles. The summed E-state index contributed by atoms with van der Waals surface area (Å²) in [6.07, 6.45) is 4.27. The predicted octanol–water partition coefficient (Wildman–Crippen LogP) is 1.96. The number of esters is 1. The maximum atomic E-state index is 12.3. The third kappa shape index (κ3) is 2.61. The fourth-order valence-electron chi connectivity index (χ4n) is 2.59. The number of carbonyl (C=O) groups excluding carboxylic acids is 3. The first kappa shape index (κ1) is 14.4. The van der Waals surface area contributed by atoms with Gasteiger partial charge in [0.25, 0.3) is 0 Å². The molecule has 0 radical (unpaired) electrons. The minimum atomic E-state index is -1.28. The van der Waals surface area contributed by atoms with Crippen LogP contribution in [0.1, 0.15) is 43.0 Å². The van der Waals surface area contributed by atoms with Crippen molar-refractivity contribution < 1.29 is 19.1 Å². The van der Waals surface area contributed by atoms with Gasteiger partial charge in [0.05, 0.1) is 6.61 Å². The Balaban J connectivity index is 2.23. The molecule has 20 heavy (non-hydrogen) atoms. The van der Waals surface area contributed by atoms with E-state index in [4.69, 9.17) is 4.74 Å². The Morgan fingerprint density at radius 1 is 1.35 bits per heavy atom. The van der Waals surface area contributed by atoms with Crippen LogP contribution in [-0.2, 0) is 14.3 Å². The van der Waals surface area contributed by atoms with Crippen molar-refractivity contribution in [1.82, 2.24) is 4.98 Å². The number of rotatable bonds is 5. The van der Waals surface area contributed by atoms with Crippen LogP contribution in [0.4, 0.5) is 0 Å². The van der Waals surface area contributed by atoms with E-state index in [2.05, 4.69) is 4.98 Å². The molecule has 106 valence electrons. The van der Waals surface area contributed by atoms with Crippen molar-refractivity contribution in [3.05, 3.63) is 30.1 Å². The second kappa shape index (κ2) is 5.94. The van der Waals surface area contributed by atoms with Gasteiger partial charge in [-0.3, -0.25) is 19.4 Å². The number of hydrogen-bond donors (Lipinski definition) is 0. The number of hydrogen-bond acceptors (Lipinski definition) is 5. The van der Waals surface area contributed by atoms with Crippen LogP contribution in [0.3, 0.4) is 0 Å². The third-order valence-electron chi connectivity index (χ3n) is 3.67. The molecule has 0 N–H and O–H groups in total. The van der Waals surface area contributed by atoms with Gasteiger partial charge in [-0.1, -0.05) is 0 Å². The van der Waals surface area contributed by atoms with Crippen molar-refractivity contribution >= 4 is 17.5 Å². The van der Waals surface area contributed by atoms with Crippen molar-refractivity contribution in [3.8, 4) is 0 Å². The van der Waals surface area contributed by atoms with Crippen LogP contribution in [0.25, 0.3) is 0 Å². The molecule has 0 spiro atoms. The van der Waals surface area contributed by atoms with Crippen LogP contribution < -0.4 is 0 Å². The first-order valence-electron chi connectivity index (χ1n) is 6.74. The minimum absolute atomic E-state index is 0.116. The van der Waals surface area contributed by atoms with E-state index in [9.17, 15) is 14.4 Å². The molecule has 1 aliphatic carbocycles. The molecular weight excluding hydrogens is 258 g/mol. The SMILES string of the molecule is CCOC(=O)C1(CC(=O)c2ccncc2)CCCC1=O. The van der Waals surface area contributed by atoms with Gasteiger partial charge in [-0.2, -0.15) is 0 Å². The van der Waals surface area contributed by atoms with E-state index in [1.807, 2.05) is 0 Å². The lowest BCUT2D eigenvalue weighted by molar-refractivity contribution is -0.158. The van der Waals surface area contributed by atoms with E-state index in [1.165, 1.54) is 12.4 Å². The first-order valence-corrected chi connectivity index (χ1v) is 6.74. The maximum absolute atomic E-state index is 12.3. The molecule has 1 unspecified atom stereocenters. The van der Waals surface area contributed by atoms with Gasteiger partial charge in [-0.15, -0.1) is 0 Å². The summed E-state index contributed by atoms with van der Waals surface area (Å²) in [5.74, 6) is -0.973. The molecule has 1 heterocycles. The number of Topliss-reactive ketones (excluding diaryl/α,β-unsaturated/α-hetero) is 2. The van der Waals surface area contributed by atoms with E-state index in [1.54, 1.807) is 19.1 Å². The standard InChI is InChI=1S/C15H17NO4/c1-2-20-14(19)15(7-3-4-13(15)18)10-12(17)11-5-8-16-9-6-11/h5-6,8-9H,2-4,7,10H2,1H3. The Morgan fingerprint density at radius 2 is 2.05 bits per heavy atom. The monoisotopic (exact) mass is 275 g/mol. The van der Waals surface area contributed by atoms with E-state index in [-0.39, 0.29) is 24.6 Å². The highest BCUT2D eigenvalue weighted by Gasteiger charge is 2.51. The molecule has 0 saturated heterocycles. The van der Waals surface area contributed by atoms with Gasteiger partial charge in [0.15, 0.2) is 11.6 Å². The Morgan fingerprint density at radius 3 is 2.60 bits per heavy atom. The predicted molar refractivity (Wildman–Crippen MR) is 71.1 cm³/mol. The van der Waals surface area contributed by atoms with Gasteiger partial charge in [-0.25, -0.2) is 0 Å². The highest BCUT2D eigenvalue weighted by Crippen LogP contribution is 2.40. The highest BCUT2D eigenvalue weighted by atomic mass is 16.5. The number of nitrogens with zero attached hydrogens (tertiary/aromatic N) is 1. The summed E-state index contributed by atoms with van der Waals surface area (Å²) in [7, 11) is 0. The lowest BCUT2D eigenvalue weighted by Gasteiger charge is -2.24. The quantitative estimate of drug-likeness (QED) is 0.466. The molecule has 0 amide bonds.